The molecule has 4 rings (SSSR count). The SMILES string of the molecule is CN(C)C(=O)N1CC2CN(S(=O)(=O)C3CC3)CCC2(c2ccccc2)C1. The number of amides is 2. The molecule has 0 bridgehead atoms. The maximum Gasteiger partial charge on any atom is 0.319 e. The second-order valence-corrected chi connectivity index (χ2v) is 10.3. The first kappa shape index (κ1) is 17.8. The van der Waals surface area contributed by atoms with Gasteiger partial charge in [0.15, 0.2) is 0 Å². The van der Waals surface area contributed by atoms with Gasteiger partial charge in [-0.15, -0.1) is 0 Å². The fourth-order valence-electron chi connectivity index (χ4n) is 4.63. The zero-order valence-corrected chi connectivity index (χ0v) is 16.3. The molecule has 6 nitrogen and oxygen atoms in total. The molecule has 2 atom stereocenters. The van der Waals surface area contributed by atoms with Gasteiger partial charge in [-0.25, -0.2) is 17.5 Å². The summed E-state index contributed by atoms with van der Waals surface area (Å²) in [5.74, 6) is 0.135. The zero-order valence-electron chi connectivity index (χ0n) is 15.5. The molecular weight excluding hydrogens is 350 g/mol. The molecule has 2 amide bonds. The number of piperidine rings is 1. The Morgan fingerprint density at radius 3 is 2.46 bits per heavy atom. The summed E-state index contributed by atoms with van der Waals surface area (Å²) in [7, 11) is 0.363. The Labute approximate surface area is 155 Å². The van der Waals surface area contributed by atoms with Gasteiger partial charge in [-0.1, -0.05) is 30.3 Å². The van der Waals surface area contributed by atoms with Crippen LogP contribution in [0.3, 0.4) is 0 Å². The van der Waals surface area contributed by atoms with E-state index >= 15 is 0 Å². The molecule has 1 aromatic rings. The highest BCUT2D eigenvalue weighted by molar-refractivity contribution is 7.90. The van der Waals surface area contributed by atoms with Crippen LogP contribution in [0.2, 0.25) is 0 Å². The van der Waals surface area contributed by atoms with Gasteiger partial charge in [0.1, 0.15) is 0 Å². The monoisotopic (exact) mass is 377 g/mol. The van der Waals surface area contributed by atoms with Crippen molar-refractivity contribution in [1.82, 2.24) is 14.1 Å². The summed E-state index contributed by atoms with van der Waals surface area (Å²) in [5, 5.41) is -0.173. The predicted molar refractivity (Wildman–Crippen MR) is 100 cm³/mol. The molecule has 2 saturated heterocycles. The van der Waals surface area contributed by atoms with E-state index < -0.39 is 10.0 Å². The predicted octanol–water partition coefficient (Wildman–Crippen LogP) is 1.74. The van der Waals surface area contributed by atoms with E-state index in [0.717, 1.165) is 19.3 Å². The lowest BCUT2D eigenvalue weighted by molar-refractivity contribution is 0.177. The number of benzene rings is 1. The second-order valence-electron chi connectivity index (χ2n) is 8.13. The van der Waals surface area contributed by atoms with Gasteiger partial charge in [0.25, 0.3) is 0 Å². The van der Waals surface area contributed by atoms with Crippen molar-refractivity contribution < 1.29 is 13.2 Å². The third-order valence-electron chi connectivity index (χ3n) is 6.23. The standard InChI is InChI=1S/C19H27N3O3S/c1-20(2)18(23)21-12-16-13-22(26(24,25)17-8-9-17)11-10-19(16,14-21)15-6-4-3-5-7-15/h3-7,16-17H,8-14H2,1-2H3. The molecule has 2 unspecified atom stereocenters. The molecule has 1 saturated carbocycles. The van der Waals surface area contributed by atoms with Crippen LogP contribution in [0.1, 0.15) is 24.8 Å². The van der Waals surface area contributed by atoms with E-state index in [1.165, 1.54) is 5.56 Å². The fourth-order valence-corrected chi connectivity index (χ4v) is 6.52. The Morgan fingerprint density at radius 1 is 1.15 bits per heavy atom. The lowest BCUT2D eigenvalue weighted by Crippen LogP contribution is -2.52. The number of urea groups is 1. The van der Waals surface area contributed by atoms with Crippen LogP contribution in [-0.4, -0.2) is 74.1 Å². The van der Waals surface area contributed by atoms with E-state index in [-0.39, 0.29) is 22.6 Å². The maximum absolute atomic E-state index is 12.7. The number of carbonyl (C=O) groups is 1. The Balaban J connectivity index is 1.65. The van der Waals surface area contributed by atoms with Crippen molar-refractivity contribution in [2.75, 3.05) is 40.3 Å². The first-order valence-corrected chi connectivity index (χ1v) is 10.9. The molecule has 3 aliphatic rings. The number of nitrogens with zero attached hydrogens (tertiary/aromatic N) is 3. The van der Waals surface area contributed by atoms with E-state index in [4.69, 9.17) is 0 Å². The highest BCUT2D eigenvalue weighted by Gasteiger charge is 2.54. The maximum atomic E-state index is 12.7. The van der Waals surface area contributed by atoms with E-state index in [1.807, 2.05) is 23.1 Å². The number of hydrogen-bond acceptors (Lipinski definition) is 3. The molecule has 1 aromatic carbocycles. The number of rotatable bonds is 3. The summed E-state index contributed by atoms with van der Waals surface area (Å²) >= 11 is 0. The van der Waals surface area contributed by atoms with Gasteiger partial charge >= 0.3 is 6.03 Å². The van der Waals surface area contributed by atoms with Crippen LogP contribution in [0.5, 0.6) is 0 Å². The minimum absolute atomic E-state index is 0.00584. The van der Waals surface area contributed by atoms with Crippen LogP contribution in [0.25, 0.3) is 0 Å². The highest BCUT2D eigenvalue weighted by Crippen LogP contribution is 2.47. The third kappa shape index (κ3) is 2.81. The smallest absolute Gasteiger partial charge is 0.319 e. The summed E-state index contributed by atoms with van der Waals surface area (Å²) in [4.78, 5) is 16.1. The van der Waals surface area contributed by atoms with Gasteiger partial charge in [0, 0.05) is 51.6 Å². The average molecular weight is 378 g/mol. The lowest BCUT2D eigenvalue weighted by Gasteiger charge is -2.43. The van der Waals surface area contributed by atoms with Crippen LogP contribution in [0, 0.1) is 5.92 Å². The zero-order chi connectivity index (χ0) is 18.5. The first-order valence-electron chi connectivity index (χ1n) is 9.35. The molecule has 1 aliphatic carbocycles. The molecule has 2 heterocycles. The second kappa shape index (κ2) is 6.23. The summed E-state index contributed by atoms with van der Waals surface area (Å²) in [6, 6.07) is 10.3. The third-order valence-corrected chi connectivity index (χ3v) is 8.60. The van der Waals surface area contributed by atoms with Crippen LogP contribution in [-0.2, 0) is 15.4 Å². The first-order chi connectivity index (χ1) is 12.3. The highest BCUT2D eigenvalue weighted by atomic mass is 32.2. The molecule has 0 N–H and O–H groups in total. The van der Waals surface area contributed by atoms with Crippen molar-refractivity contribution in [2.24, 2.45) is 5.92 Å². The van der Waals surface area contributed by atoms with Crippen LogP contribution in [0.15, 0.2) is 30.3 Å². The largest absolute Gasteiger partial charge is 0.331 e. The average Bonchev–Trinajstić information content (AvgIpc) is 3.42. The lowest BCUT2D eigenvalue weighted by atomic mass is 9.68. The molecular formula is C19H27N3O3S. The Bertz CT molecular complexity index is 792. The van der Waals surface area contributed by atoms with Crippen LogP contribution < -0.4 is 0 Å². The molecule has 2 aliphatic heterocycles. The van der Waals surface area contributed by atoms with Crippen molar-refractivity contribution >= 4 is 16.1 Å². The van der Waals surface area contributed by atoms with Crippen molar-refractivity contribution in [1.29, 1.82) is 0 Å². The van der Waals surface area contributed by atoms with Crippen LogP contribution in [0.4, 0.5) is 4.79 Å². The number of sulfonamides is 1. The number of likely N-dealkylation sites (tertiary alicyclic amines) is 1. The Hall–Kier alpha value is -1.60. The summed E-state index contributed by atoms with van der Waals surface area (Å²) in [5.41, 5.74) is 1.07. The topological polar surface area (TPSA) is 60.9 Å². The van der Waals surface area contributed by atoms with Gasteiger partial charge in [-0.3, -0.25) is 0 Å². The minimum Gasteiger partial charge on any atom is -0.331 e. The van der Waals surface area contributed by atoms with E-state index in [0.29, 0.717) is 26.2 Å². The molecule has 142 valence electrons. The van der Waals surface area contributed by atoms with E-state index in [9.17, 15) is 13.2 Å². The number of carbonyl (C=O) groups excluding carboxylic acids is 1. The van der Waals surface area contributed by atoms with Crippen LogP contribution >= 0.6 is 0 Å². The van der Waals surface area contributed by atoms with Crippen molar-refractivity contribution in [3.8, 4) is 0 Å². The molecule has 0 spiro atoms. The van der Waals surface area contributed by atoms with Gasteiger partial charge in [-0.05, 0) is 24.8 Å². The van der Waals surface area contributed by atoms with E-state index in [1.54, 1.807) is 23.3 Å². The summed E-state index contributed by atoms with van der Waals surface area (Å²) in [6.45, 7) is 2.35. The quantitative estimate of drug-likeness (QED) is 0.806. The molecule has 3 fully saturated rings. The Morgan fingerprint density at radius 2 is 1.85 bits per heavy atom. The number of fused-ring (bicyclic) bond motifs is 1. The van der Waals surface area contributed by atoms with Gasteiger partial charge in [0.05, 0.1) is 5.25 Å². The number of hydrogen-bond donors (Lipinski definition) is 0. The van der Waals surface area contributed by atoms with Gasteiger partial charge < -0.3 is 9.80 Å². The molecule has 26 heavy (non-hydrogen) atoms. The van der Waals surface area contributed by atoms with Gasteiger partial charge in [-0.2, -0.15) is 0 Å². The summed E-state index contributed by atoms with van der Waals surface area (Å²) in [6.07, 6.45) is 2.35. The normalized spacial score (nSPS) is 29.5. The van der Waals surface area contributed by atoms with Crippen molar-refractivity contribution in [3.05, 3.63) is 35.9 Å². The minimum atomic E-state index is -3.17. The van der Waals surface area contributed by atoms with Crippen molar-refractivity contribution in [2.45, 2.75) is 29.9 Å². The summed E-state index contributed by atoms with van der Waals surface area (Å²) < 4.78 is 27.2. The van der Waals surface area contributed by atoms with Gasteiger partial charge in [0.2, 0.25) is 10.0 Å². The fraction of sp³-hybridized carbons (Fsp3) is 0.632. The van der Waals surface area contributed by atoms with E-state index in [2.05, 4.69) is 12.1 Å². The molecule has 0 radical (unpaired) electrons. The molecule has 0 aromatic heterocycles. The molecule has 7 heteroatoms. The van der Waals surface area contributed by atoms with Crippen molar-refractivity contribution in [3.63, 3.8) is 0 Å². The Kier molecular flexibility index (Phi) is 4.27.